The van der Waals surface area contributed by atoms with Gasteiger partial charge in [-0.1, -0.05) is 36.4 Å². The Kier molecular flexibility index (Phi) is 4.59. The standard InChI is InChI=1S/C22H22N4O/c1-15-6-5-9-19(16(15)2)23-21-11-10-20(24-25-21)22(27)26-13-12-17-7-3-4-8-18(17)14-26/h3-11H,12-14H2,1-2H3,(H,23,25). The zero-order chi connectivity index (χ0) is 18.8. The Morgan fingerprint density at radius 1 is 0.963 bits per heavy atom. The summed E-state index contributed by atoms with van der Waals surface area (Å²) in [5.41, 5.74) is 6.28. The molecule has 27 heavy (non-hydrogen) atoms. The van der Waals surface area contributed by atoms with Crippen molar-refractivity contribution < 1.29 is 4.79 Å². The van der Waals surface area contributed by atoms with Crippen LogP contribution in [0.4, 0.5) is 11.5 Å². The van der Waals surface area contributed by atoms with E-state index < -0.39 is 0 Å². The summed E-state index contributed by atoms with van der Waals surface area (Å²) in [6.07, 6.45) is 0.877. The number of aromatic nitrogens is 2. The quantitative estimate of drug-likeness (QED) is 0.768. The summed E-state index contributed by atoms with van der Waals surface area (Å²) in [5.74, 6) is 0.555. The molecular formula is C22H22N4O. The van der Waals surface area contributed by atoms with Crippen LogP contribution < -0.4 is 5.32 Å². The van der Waals surface area contributed by atoms with Crippen LogP contribution >= 0.6 is 0 Å². The van der Waals surface area contributed by atoms with Gasteiger partial charge in [0.15, 0.2) is 11.5 Å². The van der Waals surface area contributed by atoms with Crippen LogP contribution in [0, 0.1) is 13.8 Å². The number of aryl methyl sites for hydroxylation is 1. The molecule has 2 heterocycles. The van der Waals surface area contributed by atoms with Crippen LogP contribution in [0.3, 0.4) is 0 Å². The summed E-state index contributed by atoms with van der Waals surface area (Å²) in [6, 6.07) is 17.9. The number of anilines is 2. The zero-order valence-electron chi connectivity index (χ0n) is 15.6. The molecule has 1 aromatic heterocycles. The highest BCUT2D eigenvalue weighted by atomic mass is 16.2. The molecule has 0 saturated heterocycles. The molecule has 0 saturated carbocycles. The van der Waals surface area contributed by atoms with E-state index in [2.05, 4.69) is 47.6 Å². The lowest BCUT2D eigenvalue weighted by Crippen LogP contribution is -2.36. The van der Waals surface area contributed by atoms with Crippen molar-refractivity contribution >= 4 is 17.4 Å². The number of benzene rings is 2. The van der Waals surface area contributed by atoms with Crippen molar-refractivity contribution in [2.45, 2.75) is 26.8 Å². The van der Waals surface area contributed by atoms with Gasteiger partial charge in [0.05, 0.1) is 0 Å². The summed E-state index contributed by atoms with van der Waals surface area (Å²) in [4.78, 5) is 14.6. The Morgan fingerprint density at radius 3 is 2.56 bits per heavy atom. The van der Waals surface area contributed by atoms with Crippen LogP contribution in [-0.4, -0.2) is 27.5 Å². The van der Waals surface area contributed by atoms with Gasteiger partial charge in [-0.05, 0) is 60.7 Å². The molecule has 0 radical (unpaired) electrons. The van der Waals surface area contributed by atoms with Gasteiger partial charge in [-0.3, -0.25) is 4.79 Å². The van der Waals surface area contributed by atoms with Crippen molar-refractivity contribution in [3.63, 3.8) is 0 Å². The fourth-order valence-electron chi connectivity index (χ4n) is 3.37. The molecule has 1 N–H and O–H groups in total. The second-order valence-corrected chi connectivity index (χ2v) is 6.92. The Hall–Kier alpha value is -3.21. The van der Waals surface area contributed by atoms with E-state index in [9.17, 15) is 4.79 Å². The number of nitrogens with zero attached hydrogens (tertiary/aromatic N) is 3. The first-order valence-corrected chi connectivity index (χ1v) is 9.15. The molecule has 1 amide bonds. The van der Waals surface area contributed by atoms with Crippen LogP contribution in [0.15, 0.2) is 54.6 Å². The molecular weight excluding hydrogens is 336 g/mol. The Balaban J connectivity index is 1.47. The summed E-state index contributed by atoms with van der Waals surface area (Å²) in [7, 11) is 0. The normalized spacial score (nSPS) is 13.2. The van der Waals surface area contributed by atoms with E-state index in [1.807, 2.05) is 29.2 Å². The third-order valence-corrected chi connectivity index (χ3v) is 5.17. The van der Waals surface area contributed by atoms with Crippen LogP contribution in [0.2, 0.25) is 0 Å². The van der Waals surface area contributed by atoms with E-state index in [1.165, 1.54) is 22.3 Å². The number of amides is 1. The highest BCUT2D eigenvalue weighted by molar-refractivity contribution is 5.92. The van der Waals surface area contributed by atoms with E-state index in [0.29, 0.717) is 24.6 Å². The van der Waals surface area contributed by atoms with Crippen molar-refractivity contribution in [2.75, 3.05) is 11.9 Å². The number of nitrogens with one attached hydrogen (secondary N) is 1. The molecule has 0 bridgehead atoms. The van der Waals surface area contributed by atoms with Gasteiger partial charge < -0.3 is 10.2 Å². The van der Waals surface area contributed by atoms with Gasteiger partial charge in [-0.2, -0.15) is 0 Å². The number of fused-ring (bicyclic) bond motifs is 1. The summed E-state index contributed by atoms with van der Waals surface area (Å²) in [5, 5.41) is 11.6. The maximum atomic E-state index is 12.8. The smallest absolute Gasteiger partial charge is 0.274 e. The Morgan fingerprint density at radius 2 is 1.78 bits per heavy atom. The van der Waals surface area contributed by atoms with Crippen molar-refractivity contribution in [3.8, 4) is 0 Å². The largest absolute Gasteiger partial charge is 0.339 e. The Labute approximate surface area is 159 Å². The second kappa shape index (κ2) is 7.19. The van der Waals surface area contributed by atoms with Crippen LogP contribution in [0.25, 0.3) is 0 Å². The van der Waals surface area contributed by atoms with E-state index in [1.54, 1.807) is 12.1 Å². The highest BCUT2D eigenvalue weighted by Gasteiger charge is 2.22. The number of rotatable bonds is 3. The number of carbonyl (C=O) groups excluding carboxylic acids is 1. The van der Waals surface area contributed by atoms with Gasteiger partial charge in [-0.15, -0.1) is 10.2 Å². The van der Waals surface area contributed by atoms with Gasteiger partial charge in [0, 0.05) is 18.8 Å². The first-order valence-electron chi connectivity index (χ1n) is 9.15. The lowest BCUT2D eigenvalue weighted by Gasteiger charge is -2.28. The van der Waals surface area contributed by atoms with Crippen molar-refractivity contribution in [1.29, 1.82) is 0 Å². The van der Waals surface area contributed by atoms with E-state index in [-0.39, 0.29) is 5.91 Å². The van der Waals surface area contributed by atoms with Gasteiger partial charge in [-0.25, -0.2) is 0 Å². The predicted molar refractivity (Wildman–Crippen MR) is 106 cm³/mol. The fourth-order valence-corrected chi connectivity index (χ4v) is 3.37. The molecule has 5 heteroatoms. The zero-order valence-corrected chi connectivity index (χ0v) is 15.6. The van der Waals surface area contributed by atoms with E-state index in [0.717, 1.165) is 12.1 Å². The molecule has 136 valence electrons. The Bertz CT molecular complexity index is 982. The average molecular weight is 358 g/mol. The molecule has 1 aliphatic heterocycles. The molecule has 4 rings (SSSR count). The SMILES string of the molecule is Cc1cccc(Nc2ccc(C(=O)N3CCc4ccccc4C3)nn2)c1C. The molecule has 0 unspecified atom stereocenters. The number of hydrogen-bond donors (Lipinski definition) is 1. The van der Waals surface area contributed by atoms with Crippen molar-refractivity contribution in [2.24, 2.45) is 0 Å². The van der Waals surface area contributed by atoms with Crippen molar-refractivity contribution in [3.05, 3.63) is 82.5 Å². The van der Waals surface area contributed by atoms with Crippen LogP contribution in [0.5, 0.6) is 0 Å². The minimum Gasteiger partial charge on any atom is -0.339 e. The molecule has 0 aliphatic carbocycles. The molecule has 1 aliphatic rings. The lowest BCUT2D eigenvalue weighted by atomic mass is 10.00. The molecule has 0 spiro atoms. The molecule has 3 aromatic rings. The monoisotopic (exact) mass is 358 g/mol. The minimum absolute atomic E-state index is 0.0738. The molecule has 0 atom stereocenters. The van der Waals surface area contributed by atoms with Gasteiger partial charge >= 0.3 is 0 Å². The number of hydrogen-bond acceptors (Lipinski definition) is 4. The van der Waals surface area contributed by atoms with Crippen LogP contribution in [0.1, 0.15) is 32.7 Å². The van der Waals surface area contributed by atoms with E-state index >= 15 is 0 Å². The maximum absolute atomic E-state index is 12.8. The molecule has 5 nitrogen and oxygen atoms in total. The first-order chi connectivity index (χ1) is 13.1. The summed E-state index contributed by atoms with van der Waals surface area (Å²) >= 11 is 0. The van der Waals surface area contributed by atoms with Gasteiger partial charge in [0.25, 0.3) is 5.91 Å². The maximum Gasteiger partial charge on any atom is 0.274 e. The third kappa shape index (κ3) is 3.53. The number of carbonyl (C=O) groups is 1. The molecule has 2 aromatic carbocycles. The van der Waals surface area contributed by atoms with E-state index in [4.69, 9.17) is 0 Å². The lowest BCUT2D eigenvalue weighted by molar-refractivity contribution is 0.0727. The van der Waals surface area contributed by atoms with Crippen molar-refractivity contribution in [1.82, 2.24) is 15.1 Å². The second-order valence-electron chi connectivity index (χ2n) is 6.92. The highest BCUT2D eigenvalue weighted by Crippen LogP contribution is 2.22. The van der Waals surface area contributed by atoms with Gasteiger partial charge in [0.1, 0.15) is 0 Å². The predicted octanol–water partition coefficient (Wildman–Crippen LogP) is 4.04. The fraction of sp³-hybridized carbons (Fsp3) is 0.227. The van der Waals surface area contributed by atoms with Crippen LogP contribution in [-0.2, 0) is 13.0 Å². The average Bonchev–Trinajstić information content (AvgIpc) is 2.71. The molecule has 0 fully saturated rings. The first kappa shape index (κ1) is 17.2. The topological polar surface area (TPSA) is 58.1 Å². The summed E-state index contributed by atoms with van der Waals surface area (Å²) < 4.78 is 0. The minimum atomic E-state index is -0.0738. The summed E-state index contributed by atoms with van der Waals surface area (Å²) in [6.45, 7) is 5.47. The van der Waals surface area contributed by atoms with Gasteiger partial charge in [0.2, 0.25) is 0 Å². The third-order valence-electron chi connectivity index (χ3n) is 5.17.